The first kappa shape index (κ1) is 12.1. The van der Waals surface area contributed by atoms with Crippen LogP contribution in [0.5, 0.6) is 0 Å². The Hall–Kier alpha value is 0.01000. The van der Waals surface area contributed by atoms with Crippen LogP contribution < -0.4 is 5.32 Å². The Kier molecular flexibility index (Phi) is 6.32. The Morgan fingerprint density at radius 3 is 2.79 bits per heavy atom. The lowest BCUT2D eigenvalue weighted by atomic mass is 10.3. The van der Waals surface area contributed by atoms with Gasteiger partial charge >= 0.3 is 0 Å². The summed E-state index contributed by atoms with van der Waals surface area (Å²) in [5.41, 5.74) is 0. The van der Waals surface area contributed by atoms with Crippen LogP contribution in [0.25, 0.3) is 0 Å². The standard InChI is InChI=1S/C11H19NS2/c1-3-10-5-6-11(14-10)9-12-7-4-8-13-2/h5-6,12H,3-4,7-9H2,1-2H3. The molecule has 1 aromatic heterocycles. The van der Waals surface area contributed by atoms with Crippen molar-refractivity contribution in [3.63, 3.8) is 0 Å². The maximum atomic E-state index is 3.47. The number of aryl methyl sites for hydroxylation is 1. The van der Waals surface area contributed by atoms with Crippen LogP contribution >= 0.6 is 23.1 Å². The van der Waals surface area contributed by atoms with Crippen LogP contribution in [0, 0.1) is 0 Å². The van der Waals surface area contributed by atoms with Crippen molar-refractivity contribution in [1.29, 1.82) is 0 Å². The van der Waals surface area contributed by atoms with Gasteiger partial charge in [0, 0.05) is 16.3 Å². The second kappa shape index (κ2) is 7.32. The van der Waals surface area contributed by atoms with E-state index in [1.807, 2.05) is 23.1 Å². The van der Waals surface area contributed by atoms with Crippen LogP contribution in [-0.2, 0) is 13.0 Å². The zero-order valence-corrected chi connectivity index (χ0v) is 10.6. The molecule has 0 saturated heterocycles. The van der Waals surface area contributed by atoms with Gasteiger partial charge in [-0.1, -0.05) is 6.92 Å². The summed E-state index contributed by atoms with van der Waals surface area (Å²) >= 11 is 3.85. The van der Waals surface area contributed by atoms with Crippen molar-refractivity contribution in [3.05, 3.63) is 21.9 Å². The fraction of sp³-hybridized carbons (Fsp3) is 0.636. The van der Waals surface area contributed by atoms with Crippen molar-refractivity contribution in [2.45, 2.75) is 26.3 Å². The highest BCUT2D eigenvalue weighted by Crippen LogP contribution is 2.16. The maximum absolute atomic E-state index is 3.47. The van der Waals surface area contributed by atoms with Gasteiger partial charge in [0.05, 0.1) is 0 Å². The zero-order valence-electron chi connectivity index (χ0n) is 9.01. The number of rotatable bonds is 7. The third-order valence-corrected chi connectivity index (χ3v) is 3.99. The largest absolute Gasteiger partial charge is 0.312 e. The number of nitrogens with one attached hydrogen (secondary N) is 1. The fourth-order valence-electron chi connectivity index (χ4n) is 1.26. The Balaban J connectivity index is 2.12. The lowest BCUT2D eigenvalue weighted by molar-refractivity contribution is 0.685. The minimum atomic E-state index is 1.04. The average molecular weight is 229 g/mol. The second-order valence-corrected chi connectivity index (χ2v) is 5.48. The molecule has 0 unspecified atom stereocenters. The molecule has 1 aromatic rings. The van der Waals surface area contributed by atoms with Crippen LogP contribution in [0.4, 0.5) is 0 Å². The van der Waals surface area contributed by atoms with Gasteiger partial charge < -0.3 is 5.32 Å². The molecule has 80 valence electrons. The SMILES string of the molecule is CCc1ccc(CNCCCSC)s1. The van der Waals surface area contributed by atoms with Crippen molar-refractivity contribution < 1.29 is 0 Å². The lowest BCUT2D eigenvalue weighted by Gasteiger charge is -2.01. The summed E-state index contributed by atoms with van der Waals surface area (Å²) < 4.78 is 0. The summed E-state index contributed by atoms with van der Waals surface area (Å²) in [5, 5.41) is 3.47. The van der Waals surface area contributed by atoms with Crippen molar-refractivity contribution in [3.8, 4) is 0 Å². The Bertz CT molecular complexity index is 245. The highest BCUT2D eigenvalue weighted by Gasteiger charge is 1.97. The normalized spacial score (nSPS) is 10.7. The van der Waals surface area contributed by atoms with Gasteiger partial charge in [-0.15, -0.1) is 11.3 Å². The second-order valence-electron chi connectivity index (χ2n) is 3.24. The van der Waals surface area contributed by atoms with Crippen molar-refractivity contribution in [1.82, 2.24) is 5.32 Å². The zero-order chi connectivity index (χ0) is 10.2. The molecule has 1 N–H and O–H groups in total. The Labute approximate surface area is 95.3 Å². The van der Waals surface area contributed by atoms with Gasteiger partial charge in [-0.05, 0) is 43.5 Å². The quantitative estimate of drug-likeness (QED) is 0.721. The van der Waals surface area contributed by atoms with Gasteiger partial charge in [0.15, 0.2) is 0 Å². The first-order chi connectivity index (χ1) is 6.86. The van der Waals surface area contributed by atoms with Crippen LogP contribution in [-0.4, -0.2) is 18.6 Å². The van der Waals surface area contributed by atoms with Crippen LogP contribution in [0.15, 0.2) is 12.1 Å². The van der Waals surface area contributed by atoms with Crippen molar-refractivity contribution in [2.24, 2.45) is 0 Å². The highest BCUT2D eigenvalue weighted by molar-refractivity contribution is 7.98. The molecule has 0 fully saturated rings. The van der Waals surface area contributed by atoms with Gasteiger partial charge in [-0.2, -0.15) is 11.8 Å². The van der Waals surface area contributed by atoms with Crippen LogP contribution in [0.3, 0.4) is 0 Å². The number of hydrogen-bond acceptors (Lipinski definition) is 3. The summed E-state index contributed by atoms with van der Waals surface area (Å²) in [5.74, 6) is 1.26. The molecule has 0 aliphatic carbocycles. The van der Waals surface area contributed by atoms with Gasteiger partial charge in [-0.3, -0.25) is 0 Å². The van der Waals surface area contributed by atoms with Crippen LogP contribution in [0.2, 0.25) is 0 Å². The smallest absolute Gasteiger partial charge is 0.0299 e. The number of hydrogen-bond donors (Lipinski definition) is 1. The van der Waals surface area contributed by atoms with Gasteiger partial charge in [0.1, 0.15) is 0 Å². The van der Waals surface area contributed by atoms with E-state index in [1.54, 1.807) is 0 Å². The molecule has 3 heteroatoms. The predicted octanol–water partition coefficient (Wildman–Crippen LogP) is 3.15. The molecule has 0 spiro atoms. The lowest BCUT2D eigenvalue weighted by Crippen LogP contribution is -2.14. The molecule has 0 aliphatic heterocycles. The number of thiophene rings is 1. The molecule has 1 nitrogen and oxygen atoms in total. The van der Waals surface area contributed by atoms with Crippen molar-refractivity contribution in [2.75, 3.05) is 18.6 Å². The summed E-state index contributed by atoms with van der Waals surface area (Å²) in [7, 11) is 0. The van der Waals surface area contributed by atoms with E-state index in [0.717, 1.165) is 19.5 Å². The summed E-state index contributed by atoms with van der Waals surface area (Å²) in [4.78, 5) is 2.96. The van der Waals surface area contributed by atoms with E-state index >= 15 is 0 Å². The maximum Gasteiger partial charge on any atom is 0.0299 e. The molecule has 0 saturated carbocycles. The molecule has 0 aliphatic rings. The first-order valence-electron chi connectivity index (χ1n) is 5.14. The third kappa shape index (κ3) is 4.49. The summed E-state index contributed by atoms with van der Waals surface area (Å²) in [6.07, 6.45) is 4.59. The third-order valence-electron chi connectivity index (χ3n) is 2.07. The molecule has 0 aromatic carbocycles. The molecule has 1 rings (SSSR count). The Morgan fingerprint density at radius 1 is 1.36 bits per heavy atom. The topological polar surface area (TPSA) is 12.0 Å². The van der Waals surface area contributed by atoms with Crippen LogP contribution in [0.1, 0.15) is 23.1 Å². The van der Waals surface area contributed by atoms with E-state index in [9.17, 15) is 0 Å². The minimum Gasteiger partial charge on any atom is -0.312 e. The minimum absolute atomic E-state index is 1.04. The summed E-state index contributed by atoms with van der Waals surface area (Å²) in [6, 6.07) is 4.48. The number of thioether (sulfide) groups is 1. The van der Waals surface area contributed by atoms with E-state index in [4.69, 9.17) is 0 Å². The van der Waals surface area contributed by atoms with Gasteiger partial charge in [-0.25, -0.2) is 0 Å². The van der Waals surface area contributed by atoms with E-state index < -0.39 is 0 Å². The molecular formula is C11H19NS2. The van der Waals surface area contributed by atoms with Crippen molar-refractivity contribution >= 4 is 23.1 Å². The first-order valence-corrected chi connectivity index (χ1v) is 7.35. The molecule has 1 heterocycles. The van der Waals surface area contributed by atoms with E-state index in [2.05, 4.69) is 30.6 Å². The van der Waals surface area contributed by atoms with E-state index in [-0.39, 0.29) is 0 Å². The monoisotopic (exact) mass is 229 g/mol. The fourth-order valence-corrected chi connectivity index (χ4v) is 2.62. The van der Waals surface area contributed by atoms with Gasteiger partial charge in [0.25, 0.3) is 0 Å². The molecule has 14 heavy (non-hydrogen) atoms. The highest BCUT2D eigenvalue weighted by atomic mass is 32.2. The Morgan fingerprint density at radius 2 is 2.14 bits per heavy atom. The molecule has 0 amide bonds. The molecular weight excluding hydrogens is 210 g/mol. The average Bonchev–Trinajstić information content (AvgIpc) is 2.65. The summed E-state index contributed by atoms with van der Waals surface area (Å²) in [6.45, 7) is 4.39. The molecule has 0 bridgehead atoms. The molecule has 0 atom stereocenters. The predicted molar refractivity (Wildman–Crippen MR) is 68.4 cm³/mol. The van der Waals surface area contributed by atoms with E-state index in [1.165, 1.54) is 21.9 Å². The molecule has 0 radical (unpaired) electrons. The van der Waals surface area contributed by atoms with E-state index in [0.29, 0.717) is 0 Å². The van der Waals surface area contributed by atoms with Gasteiger partial charge in [0.2, 0.25) is 0 Å².